The van der Waals surface area contributed by atoms with Gasteiger partial charge in [-0.3, -0.25) is 0 Å². The molecule has 22 heavy (non-hydrogen) atoms. The van der Waals surface area contributed by atoms with Crippen molar-refractivity contribution in [2.24, 2.45) is 0 Å². The molecule has 3 saturated heterocycles. The summed E-state index contributed by atoms with van der Waals surface area (Å²) in [5, 5.41) is 0. The van der Waals surface area contributed by atoms with Crippen LogP contribution in [0.15, 0.2) is 12.7 Å². The summed E-state index contributed by atoms with van der Waals surface area (Å²) in [6.07, 6.45) is -1.51. The molecule has 3 fully saturated rings. The molecule has 0 radical (unpaired) electrons. The molecule has 0 aromatic heterocycles. The average molecular weight is 314 g/mol. The van der Waals surface area contributed by atoms with E-state index in [9.17, 15) is 4.79 Å². The number of fused-ring (bicyclic) bond motifs is 1. The van der Waals surface area contributed by atoms with Gasteiger partial charge in [0.1, 0.15) is 12.2 Å². The van der Waals surface area contributed by atoms with Crippen molar-refractivity contribution < 1.29 is 33.2 Å². The van der Waals surface area contributed by atoms with Crippen molar-refractivity contribution >= 4 is 5.97 Å². The molecule has 0 N–H and O–H groups in total. The van der Waals surface area contributed by atoms with E-state index in [0.717, 1.165) is 6.08 Å². The molecule has 0 spiro atoms. The van der Waals surface area contributed by atoms with Crippen molar-refractivity contribution in [3.05, 3.63) is 12.7 Å². The topological polar surface area (TPSA) is 72.5 Å². The van der Waals surface area contributed by atoms with Crippen LogP contribution in [0.25, 0.3) is 0 Å². The number of hydrogen-bond donors (Lipinski definition) is 0. The molecule has 3 heterocycles. The van der Waals surface area contributed by atoms with Crippen LogP contribution >= 0.6 is 0 Å². The lowest BCUT2D eigenvalue weighted by molar-refractivity contribution is -0.234. The minimum atomic E-state index is -0.786. The number of hydrogen-bond acceptors (Lipinski definition) is 7. The Morgan fingerprint density at radius 3 is 2.45 bits per heavy atom. The molecular formula is C15H22O7. The second kappa shape index (κ2) is 5.28. The maximum Gasteiger partial charge on any atom is 0.330 e. The minimum Gasteiger partial charge on any atom is -0.453 e. The van der Waals surface area contributed by atoms with Gasteiger partial charge in [0.15, 0.2) is 30.1 Å². The summed E-state index contributed by atoms with van der Waals surface area (Å²) in [6.45, 7) is 11.0. The standard InChI is InChI=1S/C15H22O7/c1-6-9(16)18-11-10(8-7-17-14(2,3)20-8)19-13-12(11)21-15(4,5)22-13/h6,8,10-13H,1,7H2,2-5H3. The summed E-state index contributed by atoms with van der Waals surface area (Å²) in [5.74, 6) is -2.02. The highest BCUT2D eigenvalue weighted by molar-refractivity contribution is 5.81. The van der Waals surface area contributed by atoms with Crippen LogP contribution in [0.1, 0.15) is 27.7 Å². The molecule has 3 aliphatic heterocycles. The second-order valence-corrected chi connectivity index (χ2v) is 6.54. The molecule has 0 bridgehead atoms. The van der Waals surface area contributed by atoms with Gasteiger partial charge in [-0.1, -0.05) is 6.58 Å². The summed E-state index contributed by atoms with van der Waals surface area (Å²) >= 11 is 0. The first-order valence-corrected chi connectivity index (χ1v) is 7.37. The van der Waals surface area contributed by atoms with Crippen LogP contribution in [0, 0.1) is 0 Å². The zero-order valence-electron chi connectivity index (χ0n) is 13.2. The first-order valence-electron chi connectivity index (χ1n) is 7.37. The van der Waals surface area contributed by atoms with E-state index in [2.05, 4.69) is 6.58 Å². The quantitative estimate of drug-likeness (QED) is 0.571. The van der Waals surface area contributed by atoms with Crippen LogP contribution < -0.4 is 0 Å². The van der Waals surface area contributed by atoms with Crippen LogP contribution in [-0.4, -0.2) is 54.9 Å². The zero-order chi connectivity index (χ0) is 16.1. The third-order valence-corrected chi connectivity index (χ3v) is 3.84. The number of rotatable bonds is 3. The normalized spacial score (nSPS) is 42.1. The molecule has 0 aliphatic carbocycles. The Kier molecular flexibility index (Phi) is 3.81. The van der Waals surface area contributed by atoms with E-state index >= 15 is 0 Å². The largest absolute Gasteiger partial charge is 0.453 e. The van der Waals surface area contributed by atoms with E-state index in [4.69, 9.17) is 28.4 Å². The first-order chi connectivity index (χ1) is 10.2. The van der Waals surface area contributed by atoms with Gasteiger partial charge in [-0.15, -0.1) is 0 Å². The molecule has 0 saturated carbocycles. The molecule has 0 aromatic rings. The van der Waals surface area contributed by atoms with Crippen molar-refractivity contribution in [1.82, 2.24) is 0 Å². The van der Waals surface area contributed by atoms with Crippen LogP contribution in [0.2, 0.25) is 0 Å². The summed E-state index contributed by atoms with van der Waals surface area (Å²) in [6, 6.07) is 0. The summed E-state index contributed by atoms with van der Waals surface area (Å²) in [4.78, 5) is 11.6. The van der Waals surface area contributed by atoms with E-state index in [1.165, 1.54) is 0 Å². The molecule has 5 atom stereocenters. The Balaban J connectivity index is 1.78. The Labute approximate surface area is 129 Å². The van der Waals surface area contributed by atoms with Gasteiger partial charge in [0.05, 0.1) is 6.61 Å². The molecule has 3 rings (SSSR count). The number of carbonyl (C=O) groups excluding carboxylic acids is 1. The highest BCUT2D eigenvalue weighted by Crippen LogP contribution is 2.41. The lowest BCUT2D eigenvalue weighted by atomic mass is 10.1. The maximum absolute atomic E-state index is 11.6. The van der Waals surface area contributed by atoms with E-state index in [0.29, 0.717) is 6.61 Å². The van der Waals surface area contributed by atoms with E-state index < -0.39 is 42.1 Å². The smallest absolute Gasteiger partial charge is 0.330 e. The van der Waals surface area contributed by atoms with Crippen LogP contribution in [0.4, 0.5) is 0 Å². The fraction of sp³-hybridized carbons (Fsp3) is 0.800. The van der Waals surface area contributed by atoms with Gasteiger partial charge in [-0.05, 0) is 27.7 Å². The molecule has 0 aromatic carbocycles. The predicted molar refractivity (Wildman–Crippen MR) is 73.7 cm³/mol. The molecule has 0 amide bonds. The zero-order valence-corrected chi connectivity index (χ0v) is 13.2. The third kappa shape index (κ3) is 2.91. The SMILES string of the molecule is C=CC(=O)OC1C(C2COC(C)(C)O2)OC2OC(C)(C)OC21. The summed E-state index contributed by atoms with van der Waals surface area (Å²) in [7, 11) is 0. The second-order valence-electron chi connectivity index (χ2n) is 6.54. The van der Waals surface area contributed by atoms with Gasteiger partial charge >= 0.3 is 5.97 Å². The van der Waals surface area contributed by atoms with Crippen molar-refractivity contribution in [2.75, 3.05) is 6.61 Å². The van der Waals surface area contributed by atoms with Crippen molar-refractivity contribution in [1.29, 1.82) is 0 Å². The van der Waals surface area contributed by atoms with E-state index in [-0.39, 0.29) is 6.10 Å². The Morgan fingerprint density at radius 2 is 1.86 bits per heavy atom. The van der Waals surface area contributed by atoms with Crippen LogP contribution in [0.3, 0.4) is 0 Å². The Morgan fingerprint density at radius 1 is 1.14 bits per heavy atom. The number of esters is 1. The first kappa shape index (κ1) is 15.9. The molecule has 3 aliphatic rings. The lowest BCUT2D eigenvalue weighted by Crippen LogP contribution is -2.45. The van der Waals surface area contributed by atoms with Gasteiger partial charge in [0, 0.05) is 6.08 Å². The highest BCUT2D eigenvalue weighted by Gasteiger charge is 2.59. The fourth-order valence-corrected chi connectivity index (χ4v) is 3.00. The molecule has 5 unspecified atom stereocenters. The van der Waals surface area contributed by atoms with Gasteiger partial charge in [0.25, 0.3) is 0 Å². The van der Waals surface area contributed by atoms with Gasteiger partial charge in [0.2, 0.25) is 0 Å². The minimum absolute atomic E-state index is 0.350. The van der Waals surface area contributed by atoms with Crippen molar-refractivity contribution in [3.63, 3.8) is 0 Å². The van der Waals surface area contributed by atoms with Crippen molar-refractivity contribution in [2.45, 2.75) is 70.0 Å². The molecular weight excluding hydrogens is 292 g/mol. The summed E-state index contributed by atoms with van der Waals surface area (Å²) < 4.78 is 34.2. The van der Waals surface area contributed by atoms with Crippen molar-refractivity contribution in [3.8, 4) is 0 Å². The van der Waals surface area contributed by atoms with E-state index in [1.54, 1.807) is 13.8 Å². The number of ether oxygens (including phenoxy) is 6. The fourth-order valence-electron chi connectivity index (χ4n) is 3.00. The average Bonchev–Trinajstić information content (AvgIpc) is 3.01. The van der Waals surface area contributed by atoms with Gasteiger partial charge in [-0.2, -0.15) is 0 Å². The van der Waals surface area contributed by atoms with Crippen LogP contribution in [0.5, 0.6) is 0 Å². The third-order valence-electron chi connectivity index (χ3n) is 3.84. The van der Waals surface area contributed by atoms with E-state index in [1.807, 2.05) is 13.8 Å². The summed E-state index contributed by atoms with van der Waals surface area (Å²) in [5.41, 5.74) is 0. The van der Waals surface area contributed by atoms with Crippen LogP contribution in [-0.2, 0) is 33.2 Å². The number of carbonyl (C=O) groups is 1. The van der Waals surface area contributed by atoms with Gasteiger partial charge in [-0.25, -0.2) is 4.79 Å². The Bertz CT molecular complexity index is 473. The monoisotopic (exact) mass is 314 g/mol. The molecule has 124 valence electrons. The molecule has 7 nitrogen and oxygen atoms in total. The van der Waals surface area contributed by atoms with Gasteiger partial charge < -0.3 is 28.4 Å². The molecule has 7 heteroatoms. The predicted octanol–water partition coefficient (Wildman–Crippen LogP) is 1.11. The Hall–Kier alpha value is -0.990. The highest BCUT2D eigenvalue weighted by atomic mass is 16.8. The lowest BCUT2D eigenvalue weighted by Gasteiger charge is -2.28. The maximum atomic E-state index is 11.6.